The summed E-state index contributed by atoms with van der Waals surface area (Å²) in [6.07, 6.45) is 4.26. The first-order valence-electron chi connectivity index (χ1n) is 6.73. The van der Waals surface area contributed by atoms with Crippen LogP contribution in [0.2, 0.25) is 0 Å². The van der Waals surface area contributed by atoms with Crippen molar-refractivity contribution in [3.63, 3.8) is 0 Å². The predicted octanol–water partition coefficient (Wildman–Crippen LogP) is 1.42. The second-order valence-corrected chi connectivity index (χ2v) is 5.44. The van der Waals surface area contributed by atoms with Crippen LogP contribution in [-0.4, -0.2) is 29.7 Å². The highest BCUT2D eigenvalue weighted by Gasteiger charge is 2.29. The average Bonchev–Trinajstić information content (AvgIpc) is 3.07. The monoisotopic (exact) mass is 249 g/mol. The van der Waals surface area contributed by atoms with E-state index >= 15 is 0 Å². The van der Waals surface area contributed by atoms with Crippen LogP contribution in [0.5, 0.6) is 0 Å². The fourth-order valence-electron chi connectivity index (χ4n) is 2.48. The fraction of sp³-hybridized carbons (Fsp3) is 0.692. The Labute approximate surface area is 106 Å². The minimum atomic E-state index is -0.107. The molecule has 1 saturated carbocycles. The molecule has 2 unspecified atom stereocenters. The maximum atomic E-state index is 12.0. The van der Waals surface area contributed by atoms with Crippen molar-refractivity contribution in [2.24, 2.45) is 0 Å². The summed E-state index contributed by atoms with van der Waals surface area (Å²) in [7, 11) is 0. The molecule has 1 aliphatic carbocycles. The molecule has 1 aromatic rings. The van der Waals surface area contributed by atoms with E-state index in [2.05, 4.69) is 22.7 Å². The lowest BCUT2D eigenvalue weighted by molar-refractivity contribution is 0.0916. The Kier molecular flexibility index (Phi) is 3.07. The number of amides is 1. The molecular formula is C13H19N3O2. The van der Waals surface area contributed by atoms with E-state index in [1.54, 1.807) is 6.07 Å². The van der Waals surface area contributed by atoms with Gasteiger partial charge in [-0.05, 0) is 39.2 Å². The summed E-state index contributed by atoms with van der Waals surface area (Å²) in [4.78, 5) is 12.0. The molecule has 1 amide bonds. The average molecular weight is 249 g/mol. The van der Waals surface area contributed by atoms with Crippen LogP contribution in [0.25, 0.3) is 0 Å². The number of rotatable bonds is 3. The van der Waals surface area contributed by atoms with Crippen molar-refractivity contribution in [1.29, 1.82) is 0 Å². The van der Waals surface area contributed by atoms with Crippen LogP contribution in [-0.2, 0) is 0 Å². The molecule has 5 nitrogen and oxygen atoms in total. The molecule has 1 aliphatic heterocycles. The van der Waals surface area contributed by atoms with Crippen LogP contribution >= 0.6 is 0 Å². The molecule has 5 heteroatoms. The molecule has 0 radical (unpaired) electrons. The molecule has 18 heavy (non-hydrogen) atoms. The van der Waals surface area contributed by atoms with Gasteiger partial charge < -0.3 is 15.2 Å². The van der Waals surface area contributed by atoms with Crippen molar-refractivity contribution in [2.45, 2.75) is 50.6 Å². The molecule has 0 spiro atoms. The lowest BCUT2D eigenvalue weighted by Crippen LogP contribution is -2.46. The van der Waals surface area contributed by atoms with Crippen LogP contribution in [0, 0.1) is 0 Å². The Bertz CT molecular complexity index is 439. The highest BCUT2D eigenvalue weighted by atomic mass is 16.5. The largest absolute Gasteiger partial charge is 0.360 e. The Morgan fingerprint density at radius 2 is 2.33 bits per heavy atom. The predicted molar refractivity (Wildman–Crippen MR) is 66.4 cm³/mol. The van der Waals surface area contributed by atoms with E-state index in [0.717, 1.165) is 38.0 Å². The number of piperidine rings is 1. The molecular weight excluding hydrogens is 230 g/mol. The Morgan fingerprint density at radius 3 is 3.06 bits per heavy atom. The topological polar surface area (TPSA) is 67.2 Å². The summed E-state index contributed by atoms with van der Waals surface area (Å²) < 4.78 is 5.20. The second kappa shape index (κ2) is 4.72. The first-order chi connectivity index (χ1) is 8.72. The molecule has 2 heterocycles. The number of aromatic nitrogens is 1. The highest BCUT2D eigenvalue weighted by molar-refractivity contribution is 5.92. The summed E-state index contributed by atoms with van der Waals surface area (Å²) in [5, 5.41) is 10.3. The van der Waals surface area contributed by atoms with Gasteiger partial charge in [0.1, 0.15) is 5.76 Å². The number of carbonyl (C=O) groups excluding carboxylic acids is 1. The number of carbonyl (C=O) groups is 1. The SMILES string of the molecule is CC1CC(NC(=O)c2cc(C3CC3)on2)CCN1. The standard InChI is InChI=1S/C13H19N3O2/c1-8-6-10(4-5-14-8)15-13(17)11-7-12(18-16-11)9-2-3-9/h7-10,14H,2-6H2,1H3,(H,15,17). The summed E-state index contributed by atoms with van der Waals surface area (Å²) in [6.45, 7) is 3.10. The first-order valence-corrected chi connectivity index (χ1v) is 6.73. The van der Waals surface area contributed by atoms with E-state index in [1.807, 2.05) is 0 Å². The zero-order valence-electron chi connectivity index (χ0n) is 10.6. The van der Waals surface area contributed by atoms with Gasteiger partial charge in [0.05, 0.1) is 0 Å². The van der Waals surface area contributed by atoms with Crippen molar-refractivity contribution in [3.8, 4) is 0 Å². The Morgan fingerprint density at radius 1 is 1.50 bits per heavy atom. The smallest absolute Gasteiger partial charge is 0.273 e. The summed E-state index contributed by atoms with van der Waals surface area (Å²) in [6, 6.07) is 2.50. The van der Waals surface area contributed by atoms with Crippen molar-refractivity contribution < 1.29 is 9.32 Å². The lowest BCUT2D eigenvalue weighted by atomic mass is 10.0. The van der Waals surface area contributed by atoms with Gasteiger partial charge in [0.15, 0.2) is 5.69 Å². The molecule has 1 saturated heterocycles. The number of hydrogen-bond acceptors (Lipinski definition) is 4. The van der Waals surface area contributed by atoms with Crippen LogP contribution in [0.1, 0.15) is 54.8 Å². The van der Waals surface area contributed by atoms with E-state index < -0.39 is 0 Å². The molecule has 3 rings (SSSR count). The Hall–Kier alpha value is -1.36. The maximum absolute atomic E-state index is 12.0. The molecule has 2 atom stereocenters. The summed E-state index contributed by atoms with van der Waals surface area (Å²) in [5.74, 6) is 1.25. The fourth-order valence-corrected chi connectivity index (χ4v) is 2.48. The van der Waals surface area contributed by atoms with Crippen LogP contribution in [0.15, 0.2) is 10.6 Å². The van der Waals surface area contributed by atoms with E-state index in [4.69, 9.17) is 4.52 Å². The molecule has 2 fully saturated rings. The maximum Gasteiger partial charge on any atom is 0.273 e. The summed E-state index contributed by atoms with van der Waals surface area (Å²) >= 11 is 0. The number of hydrogen-bond donors (Lipinski definition) is 2. The van der Waals surface area contributed by atoms with Crippen molar-refractivity contribution in [2.75, 3.05) is 6.54 Å². The van der Waals surface area contributed by atoms with Gasteiger partial charge in [-0.1, -0.05) is 5.16 Å². The quantitative estimate of drug-likeness (QED) is 0.850. The minimum Gasteiger partial charge on any atom is -0.360 e. The first kappa shape index (κ1) is 11.7. The minimum absolute atomic E-state index is 0.107. The van der Waals surface area contributed by atoms with Gasteiger partial charge in [-0.25, -0.2) is 0 Å². The number of nitrogens with one attached hydrogen (secondary N) is 2. The van der Waals surface area contributed by atoms with Gasteiger partial charge in [-0.15, -0.1) is 0 Å². The third-order valence-corrected chi connectivity index (χ3v) is 3.70. The normalized spacial score (nSPS) is 28.1. The van der Waals surface area contributed by atoms with Crippen molar-refractivity contribution >= 4 is 5.91 Å². The number of nitrogens with zero attached hydrogens (tertiary/aromatic N) is 1. The molecule has 0 aromatic carbocycles. The molecule has 2 N–H and O–H groups in total. The van der Waals surface area contributed by atoms with E-state index in [-0.39, 0.29) is 11.9 Å². The molecule has 98 valence electrons. The van der Waals surface area contributed by atoms with E-state index in [9.17, 15) is 4.79 Å². The van der Waals surface area contributed by atoms with Crippen LogP contribution in [0.4, 0.5) is 0 Å². The molecule has 1 aromatic heterocycles. The zero-order chi connectivity index (χ0) is 12.5. The zero-order valence-corrected chi connectivity index (χ0v) is 10.6. The van der Waals surface area contributed by atoms with Gasteiger partial charge in [-0.2, -0.15) is 0 Å². The molecule has 0 bridgehead atoms. The Balaban J connectivity index is 1.59. The van der Waals surface area contributed by atoms with Gasteiger partial charge in [0.25, 0.3) is 5.91 Å². The van der Waals surface area contributed by atoms with Crippen LogP contribution in [0.3, 0.4) is 0 Å². The van der Waals surface area contributed by atoms with Gasteiger partial charge in [-0.3, -0.25) is 4.79 Å². The van der Waals surface area contributed by atoms with Crippen LogP contribution < -0.4 is 10.6 Å². The third-order valence-electron chi connectivity index (χ3n) is 3.70. The van der Waals surface area contributed by atoms with Gasteiger partial charge in [0, 0.05) is 24.1 Å². The van der Waals surface area contributed by atoms with Gasteiger partial charge in [0.2, 0.25) is 0 Å². The van der Waals surface area contributed by atoms with E-state index in [1.165, 1.54) is 0 Å². The molecule has 2 aliphatic rings. The van der Waals surface area contributed by atoms with Crippen molar-refractivity contribution in [3.05, 3.63) is 17.5 Å². The third kappa shape index (κ3) is 2.56. The lowest BCUT2D eigenvalue weighted by Gasteiger charge is -2.28. The van der Waals surface area contributed by atoms with Gasteiger partial charge >= 0.3 is 0 Å². The second-order valence-electron chi connectivity index (χ2n) is 5.44. The summed E-state index contributed by atoms with van der Waals surface area (Å²) in [5.41, 5.74) is 0.420. The highest BCUT2D eigenvalue weighted by Crippen LogP contribution is 2.40. The van der Waals surface area contributed by atoms with E-state index in [0.29, 0.717) is 17.7 Å². The van der Waals surface area contributed by atoms with Crippen molar-refractivity contribution in [1.82, 2.24) is 15.8 Å².